The molecular formula is C46H32. The number of fused-ring (bicyclic) bond motifs is 8. The fraction of sp³-hybridized carbons (Fsp3) is 0.0870. The average molecular weight is 585 g/mol. The lowest BCUT2D eigenvalue weighted by atomic mass is 9.81. The van der Waals surface area contributed by atoms with Crippen LogP contribution in [0.5, 0.6) is 0 Å². The fourth-order valence-corrected chi connectivity index (χ4v) is 8.71. The lowest BCUT2D eigenvalue weighted by molar-refractivity contribution is 1.40. The molecule has 0 bridgehead atoms. The monoisotopic (exact) mass is 584 g/mol. The van der Waals surface area contributed by atoms with E-state index in [9.17, 15) is 0 Å². The zero-order valence-corrected chi connectivity index (χ0v) is 26.5. The predicted octanol–water partition coefficient (Wildman–Crippen LogP) is 13.2. The van der Waals surface area contributed by atoms with Gasteiger partial charge in [-0.15, -0.1) is 0 Å². The van der Waals surface area contributed by atoms with Crippen LogP contribution in [-0.2, 0) is 0 Å². The Morgan fingerprint density at radius 1 is 0.304 bits per heavy atom. The zero-order chi connectivity index (χ0) is 30.8. The minimum absolute atomic E-state index is 1.28. The molecule has 0 saturated carbocycles. The van der Waals surface area contributed by atoms with Gasteiger partial charge in [-0.2, -0.15) is 0 Å². The number of hydrogen-bond acceptors (Lipinski definition) is 0. The molecule has 0 aromatic heterocycles. The summed E-state index contributed by atoms with van der Waals surface area (Å²) in [5.41, 5.74) is 10.6. The Bertz CT molecular complexity index is 2880. The van der Waals surface area contributed by atoms with Crippen LogP contribution in [0.3, 0.4) is 0 Å². The third-order valence-electron chi connectivity index (χ3n) is 10.7. The van der Waals surface area contributed by atoms with Crippen LogP contribution < -0.4 is 0 Å². The van der Waals surface area contributed by atoms with Crippen LogP contribution in [-0.4, -0.2) is 0 Å². The summed E-state index contributed by atoms with van der Waals surface area (Å²) in [6.07, 6.45) is 0. The highest BCUT2D eigenvalue weighted by atomic mass is 14.3. The molecule has 0 radical (unpaired) electrons. The molecule has 0 spiro atoms. The van der Waals surface area contributed by atoms with Crippen molar-refractivity contribution in [3.05, 3.63) is 144 Å². The van der Waals surface area contributed by atoms with Gasteiger partial charge in [0.2, 0.25) is 0 Å². The van der Waals surface area contributed by atoms with E-state index in [-0.39, 0.29) is 0 Å². The van der Waals surface area contributed by atoms with Crippen LogP contribution in [0.25, 0.3) is 97.7 Å². The lowest BCUT2D eigenvalue weighted by Gasteiger charge is -2.21. The molecule has 0 atom stereocenters. The van der Waals surface area contributed by atoms with Gasteiger partial charge in [0.15, 0.2) is 0 Å². The summed E-state index contributed by atoms with van der Waals surface area (Å²) in [6, 6.07) is 46.2. The third-order valence-corrected chi connectivity index (χ3v) is 10.7. The first-order valence-electron chi connectivity index (χ1n) is 16.4. The molecule has 0 fully saturated rings. The van der Waals surface area contributed by atoms with E-state index >= 15 is 0 Å². The predicted molar refractivity (Wildman–Crippen MR) is 201 cm³/mol. The highest BCUT2D eigenvalue weighted by Crippen LogP contribution is 2.55. The number of rotatable bonds is 2. The van der Waals surface area contributed by atoms with Gasteiger partial charge in [0, 0.05) is 0 Å². The summed E-state index contributed by atoms with van der Waals surface area (Å²) in [5, 5.41) is 18.9. The summed E-state index contributed by atoms with van der Waals surface area (Å²) in [5.74, 6) is 0. The molecule has 46 heavy (non-hydrogen) atoms. The third kappa shape index (κ3) is 3.24. The highest BCUT2D eigenvalue weighted by molar-refractivity contribution is 6.44. The Kier molecular flexibility index (Phi) is 5.08. The molecule has 0 aliphatic rings. The molecule has 0 heterocycles. The van der Waals surface area contributed by atoms with Crippen LogP contribution in [0, 0.1) is 27.7 Å². The van der Waals surface area contributed by atoms with Crippen molar-refractivity contribution in [1.29, 1.82) is 0 Å². The van der Waals surface area contributed by atoms with Crippen molar-refractivity contribution in [2.75, 3.05) is 0 Å². The van der Waals surface area contributed by atoms with Gasteiger partial charge < -0.3 is 0 Å². The second kappa shape index (κ2) is 9.05. The normalized spacial score (nSPS) is 12.3. The van der Waals surface area contributed by atoms with E-state index in [0.29, 0.717) is 0 Å². The minimum atomic E-state index is 1.28. The number of hydrogen-bond donors (Lipinski definition) is 0. The molecule has 216 valence electrons. The highest BCUT2D eigenvalue weighted by Gasteiger charge is 2.27. The molecule has 10 aromatic carbocycles. The van der Waals surface area contributed by atoms with Crippen LogP contribution in [0.2, 0.25) is 0 Å². The second-order valence-corrected chi connectivity index (χ2v) is 13.5. The Labute approximate surface area is 268 Å². The van der Waals surface area contributed by atoms with E-state index in [1.54, 1.807) is 0 Å². The summed E-state index contributed by atoms with van der Waals surface area (Å²) in [4.78, 5) is 0. The Hall–Kier alpha value is -5.46. The molecular weight excluding hydrogens is 553 g/mol. The van der Waals surface area contributed by atoms with Gasteiger partial charge in [0.05, 0.1) is 0 Å². The maximum atomic E-state index is 2.54. The molecule has 0 aliphatic heterocycles. The topological polar surface area (TPSA) is 0 Å². The van der Waals surface area contributed by atoms with Crippen molar-refractivity contribution in [3.8, 4) is 22.3 Å². The van der Waals surface area contributed by atoms with Crippen molar-refractivity contribution in [2.24, 2.45) is 0 Å². The van der Waals surface area contributed by atoms with Gasteiger partial charge in [0.1, 0.15) is 0 Å². The summed E-state index contributed by atoms with van der Waals surface area (Å²) in [7, 11) is 0. The molecule has 10 rings (SSSR count). The summed E-state index contributed by atoms with van der Waals surface area (Å²) in [6.45, 7) is 9.01. The summed E-state index contributed by atoms with van der Waals surface area (Å²) >= 11 is 0. The van der Waals surface area contributed by atoms with E-state index < -0.39 is 0 Å². The van der Waals surface area contributed by atoms with Gasteiger partial charge in [-0.25, -0.2) is 0 Å². The Balaban J connectivity index is 1.63. The van der Waals surface area contributed by atoms with Crippen LogP contribution in [0.4, 0.5) is 0 Å². The zero-order valence-electron chi connectivity index (χ0n) is 26.5. The molecule has 0 aliphatic carbocycles. The SMILES string of the molecule is Cc1ccc(C)c(-c2c3cc4c5ccccc5c5cccc(c3c(-c3cc(C)ccc3C)c3c6cccc7cccc(c23)c76)c54)c1. The van der Waals surface area contributed by atoms with Crippen molar-refractivity contribution in [2.45, 2.75) is 27.7 Å². The van der Waals surface area contributed by atoms with Crippen LogP contribution in [0.1, 0.15) is 22.3 Å². The van der Waals surface area contributed by atoms with Gasteiger partial charge in [-0.3, -0.25) is 0 Å². The van der Waals surface area contributed by atoms with Crippen LogP contribution in [0.15, 0.2) is 121 Å². The molecule has 0 amide bonds. The second-order valence-electron chi connectivity index (χ2n) is 13.5. The molecule has 0 unspecified atom stereocenters. The first-order chi connectivity index (χ1) is 22.5. The molecule has 0 nitrogen and oxygen atoms in total. The maximum Gasteiger partial charge on any atom is -0.000709 e. The first-order valence-corrected chi connectivity index (χ1v) is 16.4. The average Bonchev–Trinajstić information content (AvgIpc) is 3.58. The van der Waals surface area contributed by atoms with Gasteiger partial charge in [0.25, 0.3) is 0 Å². The maximum absolute atomic E-state index is 2.54. The lowest BCUT2D eigenvalue weighted by Crippen LogP contribution is -1.94. The van der Waals surface area contributed by atoms with E-state index in [4.69, 9.17) is 0 Å². The molecule has 0 saturated heterocycles. The number of benzene rings is 8. The fourth-order valence-electron chi connectivity index (χ4n) is 8.71. The first kappa shape index (κ1) is 25.8. The van der Waals surface area contributed by atoms with Gasteiger partial charge in [-0.05, 0) is 143 Å². The van der Waals surface area contributed by atoms with Crippen LogP contribution >= 0.6 is 0 Å². The van der Waals surface area contributed by atoms with Gasteiger partial charge >= 0.3 is 0 Å². The molecule has 0 heteroatoms. The smallest absolute Gasteiger partial charge is 0.000709 e. The van der Waals surface area contributed by atoms with Crippen molar-refractivity contribution in [3.63, 3.8) is 0 Å². The molecule has 10 aromatic rings. The van der Waals surface area contributed by atoms with E-state index in [1.165, 1.54) is 120 Å². The van der Waals surface area contributed by atoms with Crippen molar-refractivity contribution in [1.82, 2.24) is 0 Å². The summed E-state index contributed by atoms with van der Waals surface area (Å²) < 4.78 is 0. The largest absolute Gasteiger partial charge is 0.0616 e. The van der Waals surface area contributed by atoms with Gasteiger partial charge in [-0.1, -0.05) is 126 Å². The van der Waals surface area contributed by atoms with E-state index in [0.717, 1.165) is 0 Å². The van der Waals surface area contributed by atoms with E-state index in [1.807, 2.05) is 0 Å². The van der Waals surface area contributed by atoms with Crippen molar-refractivity contribution < 1.29 is 0 Å². The number of aryl methyl sites for hydroxylation is 4. The molecule has 0 N–H and O–H groups in total. The Morgan fingerprint density at radius 3 is 1.46 bits per heavy atom. The minimum Gasteiger partial charge on any atom is -0.0616 e. The van der Waals surface area contributed by atoms with Crippen molar-refractivity contribution >= 4 is 75.4 Å². The Morgan fingerprint density at radius 2 is 0.804 bits per heavy atom. The quantitative estimate of drug-likeness (QED) is 0.177. The standard InChI is InChI=1S/C46H32/c1-25-18-20-27(3)36(22-25)43-39-24-38-31-13-6-5-12-30(31)32-14-9-17-35(41(32)38)42(39)46(37-23-26(2)19-21-28(37)4)45-34-16-8-11-29-10-7-15-33(40(29)34)44(43)45/h5-24H,1-4H3. The van der Waals surface area contributed by atoms with E-state index in [2.05, 4.69) is 149 Å².